The molecule has 3 rings (SSSR count). The minimum absolute atomic E-state index is 0.0424. The van der Waals surface area contributed by atoms with Crippen LogP contribution in [0.1, 0.15) is 32.3 Å². The number of carbonyl (C=O) groups excluding carboxylic acids is 1. The van der Waals surface area contributed by atoms with Crippen LogP contribution in [0.15, 0.2) is 23.5 Å². The summed E-state index contributed by atoms with van der Waals surface area (Å²) in [6.07, 6.45) is 3.16. The average Bonchev–Trinajstić information content (AvgIpc) is 3.21. The number of aromatic nitrogens is 1. The van der Waals surface area contributed by atoms with E-state index in [0.29, 0.717) is 18.0 Å². The summed E-state index contributed by atoms with van der Waals surface area (Å²) in [5.74, 6) is 0.612. The second-order valence-electron chi connectivity index (χ2n) is 7.13. The van der Waals surface area contributed by atoms with E-state index in [9.17, 15) is 4.79 Å². The first-order chi connectivity index (χ1) is 11.9. The summed E-state index contributed by atoms with van der Waals surface area (Å²) >= 11 is 0. The van der Waals surface area contributed by atoms with Gasteiger partial charge in [-0.15, -0.1) is 0 Å². The first-order valence-electron chi connectivity index (χ1n) is 8.66. The molecule has 0 aliphatic carbocycles. The van der Waals surface area contributed by atoms with Crippen molar-refractivity contribution in [2.45, 2.75) is 44.9 Å². The summed E-state index contributed by atoms with van der Waals surface area (Å²) in [6, 6.07) is 4.08. The van der Waals surface area contributed by atoms with Gasteiger partial charge in [0, 0.05) is 57.3 Å². The van der Waals surface area contributed by atoms with Gasteiger partial charge in [0.05, 0.1) is 7.11 Å². The Hall–Kier alpha value is -2.15. The maximum Gasteiger partial charge on any atom is 0.271 e. The van der Waals surface area contributed by atoms with Crippen LogP contribution in [-0.2, 0) is 16.2 Å². The molecule has 1 atom stereocenters. The number of methoxy groups -OCH3 is 1. The largest absolute Gasteiger partial charge is 0.481 e. The van der Waals surface area contributed by atoms with E-state index in [1.807, 2.05) is 26.0 Å². The zero-order chi connectivity index (χ0) is 18.0. The molecular weight excluding hydrogens is 320 g/mol. The van der Waals surface area contributed by atoms with Gasteiger partial charge < -0.3 is 14.5 Å². The molecule has 1 aromatic rings. The lowest BCUT2D eigenvalue weighted by molar-refractivity contribution is -0.124. The molecule has 1 aromatic heterocycles. The molecule has 25 heavy (non-hydrogen) atoms. The van der Waals surface area contributed by atoms with Crippen molar-refractivity contribution in [2.24, 2.45) is 5.16 Å². The van der Waals surface area contributed by atoms with Crippen molar-refractivity contribution < 1.29 is 14.4 Å². The minimum atomic E-state index is -0.377. The molecule has 136 valence electrons. The predicted molar refractivity (Wildman–Crippen MR) is 94.5 cm³/mol. The molecular formula is C18H26N4O3. The molecule has 0 bridgehead atoms. The average molecular weight is 346 g/mol. The number of carbonyl (C=O) groups is 1. The summed E-state index contributed by atoms with van der Waals surface area (Å²) in [4.78, 5) is 26.5. The smallest absolute Gasteiger partial charge is 0.271 e. The highest BCUT2D eigenvalue weighted by Gasteiger charge is 2.47. The van der Waals surface area contributed by atoms with Crippen LogP contribution in [0.5, 0.6) is 5.88 Å². The van der Waals surface area contributed by atoms with Gasteiger partial charge in [0.2, 0.25) is 5.88 Å². The highest BCUT2D eigenvalue weighted by atomic mass is 16.7. The molecule has 2 aliphatic rings. The molecule has 1 fully saturated rings. The third-order valence-electron chi connectivity index (χ3n) is 5.01. The lowest BCUT2D eigenvalue weighted by atomic mass is 9.96. The molecule has 2 aliphatic heterocycles. The molecule has 0 N–H and O–H groups in total. The number of nitrogens with zero attached hydrogens (tertiary/aromatic N) is 4. The topological polar surface area (TPSA) is 67.3 Å². The summed E-state index contributed by atoms with van der Waals surface area (Å²) in [7, 11) is 3.44. The van der Waals surface area contributed by atoms with E-state index < -0.39 is 0 Å². The van der Waals surface area contributed by atoms with Crippen LogP contribution in [0.25, 0.3) is 0 Å². The van der Waals surface area contributed by atoms with Crippen molar-refractivity contribution in [3.05, 3.63) is 23.9 Å². The lowest BCUT2D eigenvalue weighted by Crippen LogP contribution is -2.40. The summed E-state index contributed by atoms with van der Waals surface area (Å²) in [5.41, 5.74) is 1.20. The number of oxime groups is 1. The normalized spacial score (nSPS) is 23.0. The fraction of sp³-hybridized carbons (Fsp3) is 0.611. The Balaban J connectivity index is 1.61. The molecule has 0 unspecified atom stereocenters. The van der Waals surface area contributed by atoms with Crippen LogP contribution in [0.2, 0.25) is 0 Å². The van der Waals surface area contributed by atoms with Gasteiger partial charge in [-0.2, -0.15) is 0 Å². The van der Waals surface area contributed by atoms with E-state index in [1.165, 1.54) is 0 Å². The van der Waals surface area contributed by atoms with Crippen molar-refractivity contribution in [1.82, 2.24) is 14.8 Å². The maximum absolute atomic E-state index is 12.5. The third-order valence-corrected chi connectivity index (χ3v) is 5.01. The van der Waals surface area contributed by atoms with Gasteiger partial charge in [0.25, 0.3) is 5.91 Å². The number of pyridine rings is 1. The highest BCUT2D eigenvalue weighted by Crippen LogP contribution is 2.35. The summed E-state index contributed by atoms with van der Waals surface area (Å²) in [6.45, 7) is 6.37. The number of ether oxygens (including phenoxy) is 1. The first-order valence-corrected chi connectivity index (χ1v) is 8.66. The number of hydrogen-bond donors (Lipinski definition) is 0. The molecule has 3 heterocycles. The Bertz CT molecular complexity index is 676. The molecule has 0 radical (unpaired) electrons. The molecule has 0 saturated carbocycles. The Morgan fingerprint density at radius 1 is 1.52 bits per heavy atom. The standard InChI is InChI=1S/C18H26N4O3/c1-13(2)21(3)17(23)15-10-18(25-20-15)7-9-22(12-18)11-14-6-5-8-19-16(14)24-4/h5-6,8,13H,7,9-12H2,1-4H3/t18-/m0/s1. The van der Waals surface area contributed by atoms with Gasteiger partial charge in [-0.1, -0.05) is 11.2 Å². The molecule has 1 spiro atoms. The molecule has 1 amide bonds. The van der Waals surface area contributed by atoms with Crippen molar-refractivity contribution in [3.63, 3.8) is 0 Å². The van der Waals surface area contributed by atoms with E-state index in [0.717, 1.165) is 31.6 Å². The second kappa shape index (κ2) is 7.00. The summed E-state index contributed by atoms with van der Waals surface area (Å²) in [5, 5.41) is 4.11. The second-order valence-corrected chi connectivity index (χ2v) is 7.13. The highest BCUT2D eigenvalue weighted by molar-refractivity contribution is 6.39. The van der Waals surface area contributed by atoms with E-state index in [-0.39, 0.29) is 17.6 Å². The van der Waals surface area contributed by atoms with Crippen molar-refractivity contribution in [3.8, 4) is 5.88 Å². The molecule has 7 heteroatoms. The van der Waals surface area contributed by atoms with Crippen LogP contribution in [-0.4, -0.2) is 65.3 Å². The van der Waals surface area contributed by atoms with Crippen LogP contribution >= 0.6 is 0 Å². The number of amides is 1. The third kappa shape index (κ3) is 3.61. The van der Waals surface area contributed by atoms with E-state index in [1.54, 1.807) is 25.3 Å². The van der Waals surface area contributed by atoms with Gasteiger partial charge >= 0.3 is 0 Å². The van der Waals surface area contributed by atoms with Crippen LogP contribution in [0.4, 0.5) is 0 Å². The van der Waals surface area contributed by atoms with E-state index in [2.05, 4.69) is 15.0 Å². The Kier molecular flexibility index (Phi) is 4.94. The van der Waals surface area contributed by atoms with Gasteiger partial charge in [0.1, 0.15) is 5.71 Å². The SMILES string of the molecule is COc1ncccc1CN1CC[C@]2(CC(C(=O)N(C)C(C)C)=NO2)C1. The molecule has 1 saturated heterocycles. The van der Waals surface area contributed by atoms with Crippen molar-refractivity contribution >= 4 is 11.6 Å². The zero-order valence-corrected chi connectivity index (χ0v) is 15.4. The Morgan fingerprint density at radius 3 is 3.04 bits per heavy atom. The minimum Gasteiger partial charge on any atom is -0.481 e. The van der Waals surface area contributed by atoms with Gasteiger partial charge in [-0.25, -0.2) is 4.98 Å². The quantitative estimate of drug-likeness (QED) is 0.811. The fourth-order valence-electron chi connectivity index (χ4n) is 3.32. The van der Waals surface area contributed by atoms with Crippen LogP contribution in [0.3, 0.4) is 0 Å². The molecule has 7 nitrogen and oxygen atoms in total. The first kappa shape index (κ1) is 17.7. The van der Waals surface area contributed by atoms with Crippen molar-refractivity contribution in [2.75, 3.05) is 27.2 Å². The van der Waals surface area contributed by atoms with E-state index >= 15 is 0 Å². The zero-order valence-electron chi connectivity index (χ0n) is 15.4. The van der Waals surface area contributed by atoms with Gasteiger partial charge in [-0.05, 0) is 19.9 Å². The molecule has 0 aromatic carbocycles. The fourth-order valence-corrected chi connectivity index (χ4v) is 3.32. The maximum atomic E-state index is 12.5. The van der Waals surface area contributed by atoms with Crippen LogP contribution < -0.4 is 4.74 Å². The van der Waals surface area contributed by atoms with Crippen LogP contribution in [0, 0.1) is 0 Å². The number of hydrogen-bond acceptors (Lipinski definition) is 6. The predicted octanol–water partition coefficient (Wildman–Crippen LogP) is 1.68. The van der Waals surface area contributed by atoms with Crippen molar-refractivity contribution in [1.29, 1.82) is 0 Å². The Labute approximate surface area is 148 Å². The number of rotatable bonds is 5. The van der Waals surface area contributed by atoms with E-state index in [4.69, 9.17) is 9.57 Å². The Morgan fingerprint density at radius 2 is 2.32 bits per heavy atom. The van der Waals surface area contributed by atoms with Gasteiger partial charge in [-0.3, -0.25) is 9.69 Å². The number of likely N-dealkylation sites (tertiary alicyclic amines) is 1. The summed E-state index contributed by atoms with van der Waals surface area (Å²) < 4.78 is 5.33. The lowest BCUT2D eigenvalue weighted by Gasteiger charge is -2.23. The van der Waals surface area contributed by atoms with Gasteiger partial charge in [0.15, 0.2) is 5.60 Å². The monoisotopic (exact) mass is 346 g/mol.